The fraction of sp³-hybridized carbons (Fsp3) is 0.500. The summed E-state index contributed by atoms with van der Waals surface area (Å²) in [5.74, 6) is -0.544. The Bertz CT molecular complexity index is 454. The van der Waals surface area contributed by atoms with Crippen LogP contribution in [0.15, 0.2) is 6.20 Å². The van der Waals surface area contributed by atoms with E-state index in [1.165, 1.54) is 4.90 Å². The van der Waals surface area contributed by atoms with E-state index in [2.05, 4.69) is 15.3 Å². The highest BCUT2D eigenvalue weighted by atomic mass is 35.5. The van der Waals surface area contributed by atoms with E-state index in [1.807, 2.05) is 13.8 Å². The third-order valence-corrected chi connectivity index (χ3v) is 2.89. The molecule has 0 aliphatic carbocycles. The number of amides is 2. The first kappa shape index (κ1) is 12.0. The lowest BCUT2D eigenvalue weighted by Gasteiger charge is -2.25. The first-order chi connectivity index (χ1) is 8.00. The van der Waals surface area contributed by atoms with Crippen molar-refractivity contribution in [3.8, 4) is 0 Å². The van der Waals surface area contributed by atoms with Crippen molar-refractivity contribution in [2.75, 3.05) is 11.4 Å². The van der Waals surface area contributed by atoms with Crippen molar-refractivity contribution >= 4 is 23.4 Å². The van der Waals surface area contributed by atoms with Crippen LogP contribution in [0.4, 0.5) is 15.0 Å². The van der Waals surface area contributed by atoms with E-state index in [0.29, 0.717) is 6.54 Å². The summed E-state index contributed by atoms with van der Waals surface area (Å²) in [5.41, 5.74) is 0. The molecule has 1 atom stereocenters. The zero-order chi connectivity index (χ0) is 12.6. The van der Waals surface area contributed by atoms with Crippen LogP contribution in [0, 0.1) is 11.7 Å². The Morgan fingerprint density at radius 1 is 1.65 bits per heavy atom. The van der Waals surface area contributed by atoms with Crippen molar-refractivity contribution in [1.29, 1.82) is 0 Å². The Morgan fingerprint density at radius 3 is 3.00 bits per heavy atom. The molecule has 1 aliphatic heterocycles. The van der Waals surface area contributed by atoms with E-state index in [0.717, 1.165) is 6.20 Å². The third kappa shape index (κ3) is 2.17. The Morgan fingerprint density at radius 2 is 2.35 bits per heavy atom. The SMILES string of the molecule is CC(C)[C@H]1CNC(=O)N1c1nc(Cl)ncc1F. The Balaban J connectivity index is 2.42. The Kier molecular flexibility index (Phi) is 3.15. The first-order valence-electron chi connectivity index (χ1n) is 5.26. The number of urea groups is 1. The molecule has 5 nitrogen and oxygen atoms in total. The minimum absolute atomic E-state index is 0.0706. The van der Waals surface area contributed by atoms with E-state index in [1.54, 1.807) is 0 Å². The standard InChI is InChI=1S/C10H12ClFN4O/c1-5(2)7-4-14-10(17)16(7)8-6(12)3-13-9(11)15-8/h3,5,7H,4H2,1-2H3,(H,14,17)/t7-/m1/s1. The lowest BCUT2D eigenvalue weighted by molar-refractivity contribution is 0.251. The van der Waals surface area contributed by atoms with Crippen molar-refractivity contribution in [2.24, 2.45) is 5.92 Å². The quantitative estimate of drug-likeness (QED) is 0.824. The van der Waals surface area contributed by atoms with Crippen molar-refractivity contribution in [1.82, 2.24) is 15.3 Å². The number of aromatic nitrogens is 2. The van der Waals surface area contributed by atoms with Crippen LogP contribution in [-0.2, 0) is 0 Å². The fourth-order valence-electron chi connectivity index (χ4n) is 1.81. The molecule has 0 unspecified atom stereocenters. The van der Waals surface area contributed by atoms with Crippen LogP contribution >= 0.6 is 11.6 Å². The van der Waals surface area contributed by atoms with E-state index < -0.39 is 5.82 Å². The van der Waals surface area contributed by atoms with Gasteiger partial charge in [0.25, 0.3) is 0 Å². The number of nitrogens with zero attached hydrogens (tertiary/aromatic N) is 3. The van der Waals surface area contributed by atoms with Crippen LogP contribution in [0.1, 0.15) is 13.8 Å². The summed E-state index contributed by atoms with van der Waals surface area (Å²) >= 11 is 5.62. The molecule has 0 aromatic carbocycles. The molecule has 1 N–H and O–H groups in total. The number of hydrogen-bond donors (Lipinski definition) is 1. The molecule has 17 heavy (non-hydrogen) atoms. The van der Waals surface area contributed by atoms with Crippen molar-refractivity contribution in [3.63, 3.8) is 0 Å². The molecule has 0 saturated carbocycles. The molecule has 0 radical (unpaired) electrons. The number of halogens is 2. The average molecular weight is 259 g/mol. The van der Waals surface area contributed by atoms with Crippen LogP contribution < -0.4 is 10.2 Å². The van der Waals surface area contributed by atoms with Crippen LogP contribution in [0.25, 0.3) is 0 Å². The summed E-state index contributed by atoms with van der Waals surface area (Å²) in [5, 5.41) is 2.58. The van der Waals surface area contributed by atoms with Crippen LogP contribution in [0.3, 0.4) is 0 Å². The van der Waals surface area contributed by atoms with Gasteiger partial charge in [-0.1, -0.05) is 13.8 Å². The topological polar surface area (TPSA) is 58.1 Å². The molecule has 1 aromatic rings. The molecule has 2 heterocycles. The van der Waals surface area contributed by atoms with Crippen molar-refractivity contribution in [2.45, 2.75) is 19.9 Å². The lowest BCUT2D eigenvalue weighted by Crippen LogP contribution is -2.38. The number of anilines is 1. The first-order valence-corrected chi connectivity index (χ1v) is 5.63. The van der Waals surface area contributed by atoms with Crippen molar-refractivity contribution < 1.29 is 9.18 Å². The van der Waals surface area contributed by atoms with Gasteiger partial charge in [0.2, 0.25) is 5.28 Å². The number of carbonyl (C=O) groups is 1. The van der Waals surface area contributed by atoms with Gasteiger partial charge in [-0.15, -0.1) is 0 Å². The second kappa shape index (κ2) is 4.44. The molecule has 2 rings (SSSR count). The Hall–Kier alpha value is -1.43. The number of hydrogen-bond acceptors (Lipinski definition) is 3. The zero-order valence-corrected chi connectivity index (χ0v) is 10.2. The van der Waals surface area contributed by atoms with Gasteiger partial charge >= 0.3 is 6.03 Å². The maximum atomic E-state index is 13.6. The average Bonchev–Trinajstić information content (AvgIpc) is 2.64. The highest BCUT2D eigenvalue weighted by Crippen LogP contribution is 2.25. The summed E-state index contributed by atoms with van der Waals surface area (Å²) in [6.07, 6.45) is 0.966. The summed E-state index contributed by atoms with van der Waals surface area (Å²) in [4.78, 5) is 20.3. The number of carbonyl (C=O) groups excluding carboxylic acids is 1. The fourth-order valence-corrected chi connectivity index (χ4v) is 1.94. The highest BCUT2D eigenvalue weighted by molar-refractivity contribution is 6.28. The second-order valence-electron chi connectivity index (χ2n) is 4.18. The minimum Gasteiger partial charge on any atom is -0.336 e. The van der Waals surface area contributed by atoms with Gasteiger partial charge in [0.1, 0.15) is 0 Å². The maximum Gasteiger partial charge on any atom is 0.323 e. The van der Waals surface area contributed by atoms with Gasteiger partial charge in [-0.2, -0.15) is 4.98 Å². The molecular weight excluding hydrogens is 247 g/mol. The molecular formula is C10H12ClFN4O. The molecule has 1 aliphatic rings. The molecule has 1 saturated heterocycles. The Labute approximate surface area is 103 Å². The van der Waals surface area contributed by atoms with Crippen LogP contribution in [-0.4, -0.2) is 28.6 Å². The number of nitrogens with one attached hydrogen (secondary N) is 1. The summed E-state index contributed by atoms with van der Waals surface area (Å²) < 4.78 is 13.6. The molecule has 92 valence electrons. The van der Waals surface area contributed by atoms with Gasteiger partial charge in [0.05, 0.1) is 12.2 Å². The molecule has 1 fully saturated rings. The second-order valence-corrected chi connectivity index (χ2v) is 4.52. The van der Waals surface area contributed by atoms with Crippen LogP contribution in [0.5, 0.6) is 0 Å². The zero-order valence-electron chi connectivity index (χ0n) is 9.44. The summed E-state index contributed by atoms with van der Waals surface area (Å²) in [6.45, 7) is 4.38. The number of rotatable bonds is 2. The van der Waals surface area contributed by atoms with E-state index in [4.69, 9.17) is 11.6 Å². The molecule has 1 aromatic heterocycles. The predicted molar refractivity (Wildman–Crippen MR) is 61.5 cm³/mol. The summed E-state index contributed by atoms with van der Waals surface area (Å²) in [6, 6.07) is -0.500. The highest BCUT2D eigenvalue weighted by Gasteiger charge is 2.36. The van der Waals surface area contributed by atoms with E-state index in [-0.39, 0.29) is 29.1 Å². The minimum atomic E-state index is -0.655. The monoisotopic (exact) mass is 258 g/mol. The molecule has 0 spiro atoms. The van der Waals surface area contributed by atoms with Gasteiger partial charge in [-0.3, -0.25) is 4.90 Å². The third-order valence-electron chi connectivity index (χ3n) is 2.71. The van der Waals surface area contributed by atoms with Crippen molar-refractivity contribution in [3.05, 3.63) is 17.3 Å². The van der Waals surface area contributed by atoms with Gasteiger partial charge in [-0.25, -0.2) is 14.2 Å². The van der Waals surface area contributed by atoms with Gasteiger partial charge in [-0.05, 0) is 17.5 Å². The van der Waals surface area contributed by atoms with Gasteiger partial charge in [0, 0.05) is 6.54 Å². The summed E-state index contributed by atoms with van der Waals surface area (Å²) in [7, 11) is 0. The van der Waals surface area contributed by atoms with E-state index >= 15 is 0 Å². The normalized spacial score (nSPS) is 19.9. The smallest absolute Gasteiger partial charge is 0.323 e. The van der Waals surface area contributed by atoms with Gasteiger partial charge < -0.3 is 5.32 Å². The maximum absolute atomic E-state index is 13.6. The molecule has 0 bridgehead atoms. The molecule has 2 amide bonds. The van der Waals surface area contributed by atoms with E-state index in [9.17, 15) is 9.18 Å². The predicted octanol–water partition coefficient (Wildman–Crippen LogP) is 1.82. The molecule has 7 heteroatoms. The largest absolute Gasteiger partial charge is 0.336 e. The van der Waals surface area contributed by atoms with Crippen LogP contribution in [0.2, 0.25) is 5.28 Å². The lowest BCUT2D eigenvalue weighted by atomic mass is 10.0. The van der Waals surface area contributed by atoms with Gasteiger partial charge in [0.15, 0.2) is 11.6 Å².